The van der Waals surface area contributed by atoms with Crippen LogP contribution < -0.4 is 5.56 Å². The highest BCUT2D eigenvalue weighted by Gasteiger charge is 2.02. The summed E-state index contributed by atoms with van der Waals surface area (Å²) in [6.45, 7) is 0. The Labute approximate surface area is 75.9 Å². The summed E-state index contributed by atoms with van der Waals surface area (Å²) in [6.07, 6.45) is 0. The summed E-state index contributed by atoms with van der Waals surface area (Å²) < 4.78 is 0.975. The lowest BCUT2D eigenvalue weighted by atomic mass is 10.3. The fraction of sp³-hybridized carbons (Fsp3) is 0. The van der Waals surface area contributed by atoms with Crippen LogP contribution in [0.5, 0.6) is 0 Å². The van der Waals surface area contributed by atoms with E-state index in [1.165, 1.54) is 0 Å². The first-order valence-electron chi connectivity index (χ1n) is 3.14. The third-order valence-corrected chi connectivity index (χ3v) is 2.45. The van der Waals surface area contributed by atoms with Crippen LogP contribution in [0.2, 0.25) is 0 Å². The lowest BCUT2D eigenvalue weighted by Gasteiger charge is -1.88. The Morgan fingerprint density at radius 3 is 2.82 bits per heavy atom. The lowest BCUT2D eigenvalue weighted by molar-refractivity contribution is 1.08. The molecule has 1 aromatic heterocycles. The Balaban J connectivity index is 3.08. The van der Waals surface area contributed by atoms with Crippen molar-refractivity contribution in [3.05, 3.63) is 32.1 Å². The summed E-state index contributed by atoms with van der Waals surface area (Å²) in [5.74, 6) is 0. The van der Waals surface area contributed by atoms with Gasteiger partial charge in [-0.25, -0.2) is 0 Å². The molecule has 1 heterocycles. The first-order chi connectivity index (χ1) is 5.29. The highest BCUT2D eigenvalue weighted by molar-refractivity contribution is 14.1. The summed E-state index contributed by atoms with van der Waals surface area (Å²) >= 11 is 2.14. The molecular formula is C7H5IN2O. The van der Waals surface area contributed by atoms with Crippen LogP contribution in [-0.4, -0.2) is 10.2 Å². The molecule has 0 aliphatic heterocycles. The number of benzene rings is 1. The summed E-state index contributed by atoms with van der Waals surface area (Å²) in [5, 5.41) is 6.06. The van der Waals surface area contributed by atoms with Crippen LogP contribution in [0.25, 0.3) is 10.9 Å². The fourth-order valence-electron chi connectivity index (χ4n) is 1.05. The highest BCUT2D eigenvalue weighted by atomic mass is 127. The molecule has 4 heteroatoms. The van der Waals surface area contributed by atoms with Crippen LogP contribution in [0.4, 0.5) is 0 Å². The summed E-state index contributed by atoms with van der Waals surface area (Å²) in [7, 11) is 0. The maximum absolute atomic E-state index is 11.1. The van der Waals surface area contributed by atoms with Crippen molar-refractivity contribution >= 4 is 33.5 Å². The summed E-state index contributed by atoms with van der Waals surface area (Å²) in [6, 6.07) is 5.69. The highest BCUT2D eigenvalue weighted by Crippen LogP contribution is 2.13. The third kappa shape index (κ3) is 0.973. The second kappa shape index (κ2) is 2.37. The number of aromatic amines is 2. The average molecular weight is 260 g/mol. The minimum Gasteiger partial charge on any atom is -0.297 e. The zero-order valence-corrected chi connectivity index (χ0v) is 7.68. The number of nitrogens with one attached hydrogen (secondary N) is 2. The molecule has 0 spiro atoms. The normalized spacial score (nSPS) is 10.6. The maximum Gasteiger partial charge on any atom is 0.272 e. The fourth-order valence-corrected chi connectivity index (χ4v) is 1.79. The predicted octanol–water partition coefficient (Wildman–Crippen LogP) is 1.46. The molecule has 0 saturated heterocycles. The van der Waals surface area contributed by atoms with Crippen LogP contribution in [0.15, 0.2) is 23.0 Å². The number of halogens is 1. The van der Waals surface area contributed by atoms with E-state index in [2.05, 4.69) is 32.8 Å². The van der Waals surface area contributed by atoms with E-state index in [1.807, 2.05) is 18.2 Å². The van der Waals surface area contributed by atoms with Crippen molar-refractivity contribution in [2.45, 2.75) is 0 Å². The van der Waals surface area contributed by atoms with Gasteiger partial charge in [-0.15, -0.1) is 0 Å². The molecule has 0 radical (unpaired) electrons. The van der Waals surface area contributed by atoms with E-state index in [0.717, 1.165) is 14.5 Å². The number of hydrogen-bond acceptors (Lipinski definition) is 1. The molecule has 2 aromatic rings. The van der Waals surface area contributed by atoms with Crippen LogP contribution in [0, 0.1) is 3.57 Å². The molecule has 0 atom stereocenters. The molecule has 0 fully saturated rings. The Hall–Kier alpha value is -0.780. The SMILES string of the molecule is O=c1[nH][nH]c2cccc(I)c12. The number of hydrogen-bond donors (Lipinski definition) is 2. The zero-order valence-electron chi connectivity index (χ0n) is 5.52. The van der Waals surface area contributed by atoms with Crippen molar-refractivity contribution in [3.8, 4) is 0 Å². The molecule has 2 rings (SSSR count). The lowest BCUT2D eigenvalue weighted by Crippen LogP contribution is -1.98. The van der Waals surface area contributed by atoms with Gasteiger partial charge >= 0.3 is 0 Å². The van der Waals surface area contributed by atoms with Gasteiger partial charge in [0, 0.05) is 3.57 Å². The Kier molecular flexibility index (Phi) is 1.49. The number of aromatic nitrogens is 2. The van der Waals surface area contributed by atoms with Gasteiger partial charge in [0.2, 0.25) is 0 Å². The van der Waals surface area contributed by atoms with E-state index in [4.69, 9.17) is 0 Å². The van der Waals surface area contributed by atoms with Gasteiger partial charge in [0.15, 0.2) is 0 Å². The van der Waals surface area contributed by atoms with Gasteiger partial charge in [0.25, 0.3) is 5.56 Å². The van der Waals surface area contributed by atoms with Crippen molar-refractivity contribution in [2.75, 3.05) is 0 Å². The maximum atomic E-state index is 11.1. The quantitative estimate of drug-likeness (QED) is 0.692. The van der Waals surface area contributed by atoms with Crippen molar-refractivity contribution in [1.29, 1.82) is 0 Å². The molecule has 0 aliphatic carbocycles. The van der Waals surface area contributed by atoms with E-state index < -0.39 is 0 Å². The molecule has 2 N–H and O–H groups in total. The molecule has 56 valence electrons. The Morgan fingerprint density at radius 1 is 1.27 bits per heavy atom. The second-order valence-electron chi connectivity index (χ2n) is 2.24. The van der Waals surface area contributed by atoms with Crippen molar-refractivity contribution in [1.82, 2.24) is 10.2 Å². The standard InChI is InChI=1S/C7H5IN2O/c8-4-2-1-3-5-6(4)7(11)10-9-5/h1-3H,(H2,9,10,11). The molecule has 0 unspecified atom stereocenters. The summed E-state index contributed by atoms with van der Waals surface area (Å²) in [4.78, 5) is 11.1. The van der Waals surface area contributed by atoms with E-state index in [1.54, 1.807) is 0 Å². The van der Waals surface area contributed by atoms with Crippen LogP contribution in [0.1, 0.15) is 0 Å². The van der Waals surface area contributed by atoms with E-state index in [9.17, 15) is 4.79 Å². The number of fused-ring (bicyclic) bond motifs is 1. The van der Waals surface area contributed by atoms with Crippen molar-refractivity contribution in [2.24, 2.45) is 0 Å². The predicted molar refractivity (Wildman–Crippen MR) is 51.6 cm³/mol. The van der Waals surface area contributed by atoms with Gasteiger partial charge in [-0.3, -0.25) is 15.0 Å². The Morgan fingerprint density at radius 2 is 2.09 bits per heavy atom. The smallest absolute Gasteiger partial charge is 0.272 e. The van der Waals surface area contributed by atoms with E-state index in [-0.39, 0.29) is 5.56 Å². The van der Waals surface area contributed by atoms with Crippen LogP contribution in [-0.2, 0) is 0 Å². The Bertz CT molecular complexity index is 443. The monoisotopic (exact) mass is 260 g/mol. The first kappa shape index (κ1) is 6.90. The number of rotatable bonds is 0. The average Bonchev–Trinajstić information content (AvgIpc) is 2.34. The van der Waals surface area contributed by atoms with Crippen LogP contribution >= 0.6 is 22.6 Å². The molecule has 0 aliphatic rings. The summed E-state index contributed by atoms with van der Waals surface area (Å²) in [5.41, 5.74) is 0.812. The molecular weight excluding hydrogens is 255 g/mol. The van der Waals surface area contributed by atoms with E-state index >= 15 is 0 Å². The first-order valence-corrected chi connectivity index (χ1v) is 4.22. The van der Waals surface area contributed by atoms with Gasteiger partial charge in [-0.1, -0.05) is 6.07 Å². The number of H-pyrrole nitrogens is 2. The van der Waals surface area contributed by atoms with Crippen LogP contribution in [0.3, 0.4) is 0 Å². The van der Waals surface area contributed by atoms with Gasteiger partial charge in [0.05, 0.1) is 10.9 Å². The van der Waals surface area contributed by atoms with Gasteiger partial charge in [0.1, 0.15) is 0 Å². The molecule has 1 aromatic carbocycles. The molecule has 3 nitrogen and oxygen atoms in total. The van der Waals surface area contributed by atoms with Gasteiger partial charge in [-0.2, -0.15) is 0 Å². The minimum absolute atomic E-state index is 0.0509. The third-order valence-electron chi connectivity index (χ3n) is 1.55. The molecule has 0 saturated carbocycles. The molecule has 0 bridgehead atoms. The zero-order chi connectivity index (χ0) is 7.84. The minimum atomic E-state index is -0.0509. The topological polar surface area (TPSA) is 48.6 Å². The van der Waals surface area contributed by atoms with Gasteiger partial charge < -0.3 is 0 Å². The largest absolute Gasteiger partial charge is 0.297 e. The second-order valence-corrected chi connectivity index (χ2v) is 3.40. The molecule has 11 heavy (non-hydrogen) atoms. The molecule has 0 amide bonds. The van der Waals surface area contributed by atoms with Crippen molar-refractivity contribution < 1.29 is 0 Å². The van der Waals surface area contributed by atoms with Crippen molar-refractivity contribution in [3.63, 3.8) is 0 Å². The van der Waals surface area contributed by atoms with E-state index in [0.29, 0.717) is 0 Å². The van der Waals surface area contributed by atoms with Gasteiger partial charge in [-0.05, 0) is 34.7 Å².